The normalized spacial score (nSPS) is 14.0. The molecule has 326 valence electrons. The van der Waals surface area contributed by atoms with Crippen LogP contribution < -0.4 is 0 Å². The van der Waals surface area contributed by atoms with Gasteiger partial charge in [-0.1, -0.05) is 146 Å². The van der Waals surface area contributed by atoms with E-state index in [0.29, 0.717) is 23.9 Å². The number of rotatable bonds is 40. The lowest BCUT2D eigenvalue weighted by Crippen LogP contribution is -2.37. The predicted octanol–water partition coefficient (Wildman–Crippen LogP) is 12.7. The molecule has 0 rings (SSSR count). The molecule has 0 aromatic rings. The lowest BCUT2D eigenvalue weighted by molar-refractivity contribution is -0.870. The number of hydrogen-bond donors (Lipinski definition) is 1. The van der Waals surface area contributed by atoms with Gasteiger partial charge in [0.25, 0.3) is 0 Å². The summed E-state index contributed by atoms with van der Waals surface area (Å²) in [7, 11) is 1.46. The van der Waals surface area contributed by atoms with Crippen molar-refractivity contribution in [3.05, 3.63) is 48.6 Å². The molecule has 9 nitrogen and oxygen atoms in total. The van der Waals surface area contributed by atoms with Crippen LogP contribution in [0.3, 0.4) is 0 Å². The molecule has 0 aliphatic carbocycles. The third-order valence-corrected chi connectivity index (χ3v) is 10.3. The van der Waals surface area contributed by atoms with E-state index in [1.165, 1.54) is 83.5 Å². The third-order valence-electron chi connectivity index (χ3n) is 9.33. The summed E-state index contributed by atoms with van der Waals surface area (Å²) in [6, 6.07) is 0. The first kappa shape index (κ1) is 54.0. The van der Waals surface area contributed by atoms with Gasteiger partial charge < -0.3 is 18.9 Å². The van der Waals surface area contributed by atoms with E-state index in [-0.39, 0.29) is 32.0 Å². The summed E-state index contributed by atoms with van der Waals surface area (Å²) in [5.74, 6) is -0.827. The number of ether oxygens (including phenoxy) is 2. The largest absolute Gasteiger partial charge is 0.472 e. The third kappa shape index (κ3) is 41.6. The molecule has 1 unspecified atom stereocenters. The summed E-state index contributed by atoms with van der Waals surface area (Å²) in [5.41, 5.74) is 0. The Morgan fingerprint density at radius 2 is 0.982 bits per heavy atom. The molecule has 0 saturated heterocycles. The number of unbranched alkanes of at least 4 members (excludes halogenated alkanes) is 18. The van der Waals surface area contributed by atoms with Crippen molar-refractivity contribution in [2.45, 2.75) is 187 Å². The lowest BCUT2D eigenvalue weighted by atomic mass is 10.1. The molecule has 1 N–H and O–H groups in total. The Morgan fingerprint density at radius 1 is 0.554 bits per heavy atom. The van der Waals surface area contributed by atoms with Gasteiger partial charge in [0, 0.05) is 12.8 Å². The number of hydrogen-bond acceptors (Lipinski definition) is 7. The first-order valence-corrected chi connectivity index (χ1v) is 23.9. The van der Waals surface area contributed by atoms with Crippen molar-refractivity contribution < 1.29 is 42.1 Å². The minimum atomic E-state index is -4.38. The van der Waals surface area contributed by atoms with Crippen LogP contribution in [0.5, 0.6) is 0 Å². The van der Waals surface area contributed by atoms with E-state index in [0.717, 1.165) is 57.8 Å². The highest BCUT2D eigenvalue weighted by atomic mass is 31.2. The van der Waals surface area contributed by atoms with E-state index in [9.17, 15) is 19.0 Å². The summed E-state index contributed by atoms with van der Waals surface area (Å²) in [6.07, 6.45) is 44.3. The molecule has 0 saturated carbocycles. The zero-order valence-corrected chi connectivity index (χ0v) is 37.5. The molecule has 0 aromatic heterocycles. The fourth-order valence-corrected chi connectivity index (χ4v) is 6.51. The van der Waals surface area contributed by atoms with Crippen molar-refractivity contribution in [2.75, 3.05) is 47.5 Å². The van der Waals surface area contributed by atoms with Crippen LogP contribution in [0.25, 0.3) is 0 Å². The van der Waals surface area contributed by atoms with Gasteiger partial charge in [0.15, 0.2) is 6.10 Å². The number of carbonyl (C=O) groups is 2. The van der Waals surface area contributed by atoms with Crippen molar-refractivity contribution in [2.24, 2.45) is 0 Å². The fourth-order valence-electron chi connectivity index (χ4n) is 5.77. The standard InChI is InChI=1S/C46H84NO8P/c1-6-8-10-12-14-16-18-20-22-23-25-26-28-30-32-34-36-38-45(48)52-42-44(43-54-56(50,51)53-41-40-47(3,4)5)55-46(49)39-37-35-33-31-29-27-24-21-19-17-15-13-11-9-7-2/h13-16,20,22,25-26,44H,6-12,17-19,21,23-24,27-43H2,1-5H3/p+1/b15-13+,16-14+,22-20+,26-25+/t44-/m1/s1. The van der Waals surface area contributed by atoms with E-state index in [1.54, 1.807) is 0 Å². The molecule has 0 spiro atoms. The van der Waals surface area contributed by atoms with Crippen molar-refractivity contribution in [1.82, 2.24) is 0 Å². The van der Waals surface area contributed by atoms with Crippen molar-refractivity contribution in [3.63, 3.8) is 0 Å². The summed E-state index contributed by atoms with van der Waals surface area (Å²) in [6.45, 7) is 4.33. The molecule has 0 heterocycles. The quantitative estimate of drug-likeness (QED) is 0.0214. The predicted molar refractivity (Wildman–Crippen MR) is 233 cm³/mol. The van der Waals surface area contributed by atoms with E-state index in [2.05, 4.69) is 62.5 Å². The molecule has 0 radical (unpaired) electrons. The van der Waals surface area contributed by atoms with Crippen LogP contribution in [0, 0.1) is 0 Å². The van der Waals surface area contributed by atoms with Crippen LogP contribution in [0.4, 0.5) is 0 Å². The topological polar surface area (TPSA) is 108 Å². The van der Waals surface area contributed by atoms with Crippen LogP contribution in [0.1, 0.15) is 181 Å². The van der Waals surface area contributed by atoms with Gasteiger partial charge in [-0.05, 0) is 70.6 Å². The smallest absolute Gasteiger partial charge is 0.462 e. The Balaban J connectivity index is 4.39. The number of carbonyl (C=O) groups excluding carboxylic acids is 2. The lowest BCUT2D eigenvalue weighted by Gasteiger charge is -2.24. The second-order valence-electron chi connectivity index (χ2n) is 16.1. The number of phosphoric ester groups is 1. The first-order valence-electron chi connectivity index (χ1n) is 22.4. The summed E-state index contributed by atoms with van der Waals surface area (Å²) in [5, 5.41) is 0. The average molecular weight is 811 g/mol. The van der Waals surface area contributed by atoms with Crippen molar-refractivity contribution in [3.8, 4) is 0 Å². The minimum absolute atomic E-state index is 0.0263. The van der Waals surface area contributed by atoms with Gasteiger partial charge in [-0.25, -0.2) is 4.57 Å². The Labute approximate surface area is 343 Å². The Bertz CT molecular complexity index is 1100. The molecule has 10 heteroatoms. The van der Waals surface area contributed by atoms with Gasteiger partial charge in [0.2, 0.25) is 0 Å². The maximum Gasteiger partial charge on any atom is 0.472 e. The number of phosphoric acid groups is 1. The van der Waals surface area contributed by atoms with E-state index in [1.807, 2.05) is 21.1 Å². The zero-order valence-electron chi connectivity index (χ0n) is 36.6. The molecule has 0 aliphatic heterocycles. The molecular formula is C46H85NO8P+. The van der Waals surface area contributed by atoms with E-state index >= 15 is 0 Å². The number of allylic oxidation sites excluding steroid dienone is 8. The van der Waals surface area contributed by atoms with Gasteiger partial charge in [-0.15, -0.1) is 0 Å². The highest BCUT2D eigenvalue weighted by molar-refractivity contribution is 7.47. The summed E-state index contributed by atoms with van der Waals surface area (Å²) in [4.78, 5) is 35.4. The van der Waals surface area contributed by atoms with Gasteiger partial charge in [0.05, 0.1) is 27.7 Å². The van der Waals surface area contributed by atoms with Crippen LogP contribution in [-0.4, -0.2) is 74.9 Å². The number of esters is 2. The summed E-state index contributed by atoms with van der Waals surface area (Å²) < 4.78 is 34.3. The van der Waals surface area contributed by atoms with Gasteiger partial charge >= 0.3 is 19.8 Å². The molecule has 0 aliphatic rings. The van der Waals surface area contributed by atoms with E-state index in [4.69, 9.17) is 18.5 Å². The van der Waals surface area contributed by atoms with Crippen LogP contribution in [0.15, 0.2) is 48.6 Å². The number of likely N-dealkylation sites (N-methyl/N-ethyl adjacent to an activating group) is 1. The number of quaternary nitrogens is 1. The summed E-state index contributed by atoms with van der Waals surface area (Å²) >= 11 is 0. The molecule has 2 atom stereocenters. The average Bonchev–Trinajstić information content (AvgIpc) is 3.15. The molecule has 0 bridgehead atoms. The SMILES string of the molecule is CCCC/C=C/CCCCCCCCCCCC(=O)O[C@H](COC(=O)CCCCCC/C=C/C/C=C/C/C=C/CCCCC)COP(=O)(O)OCC[N+](C)(C)C. The maximum atomic E-state index is 12.7. The second-order valence-corrected chi connectivity index (χ2v) is 17.5. The Morgan fingerprint density at radius 3 is 1.50 bits per heavy atom. The van der Waals surface area contributed by atoms with Crippen molar-refractivity contribution in [1.29, 1.82) is 0 Å². The minimum Gasteiger partial charge on any atom is -0.462 e. The molecule has 0 fully saturated rings. The Hall–Kier alpha value is -2.03. The van der Waals surface area contributed by atoms with E-state index < -0.39 is 26.5 Å². The Kier molecular flexibility index (Phi) is 37.1. The molecule has 56 heavy (non-hydrogen) atoms. The highest BCUT2D eigenvalue weighted by Crippen LogP contribution is 2.43. The maximum absolute atomic E-state index is 12.7. The van der Waals surface area contributed by atoms with Crippen LogP contribution >= 0.6 is 7.82 Å². The highest BCUT2D eigenvalue weighted by Gasteiger charge is 2.27. The van der Waals surface area contributed by atoms with Crippen LogP contribution in [0.2, 0.25) is 0 Å². The zero-order chi connectivity index (χ0) is 41.4. The number of nitrogens with zero attached hydrogens (tertiary/aromatic N) is 1. The van der Waals surface area contributed by atoms with Crippen LogP contribution in [-0.2, 0) is 32.7 Å². The molecule has 0 amide bonds. The second kappa shape index (κ2) is 38.5. The van der Waals surface area contributed by atoms with Crippen molar-refractivity contribution >= 4 is 19.8 Å². The van der Waals surface area contributed by atoms with Gasteiger partial charge in [-0.3, -0.25) is 18.6 Å². The first-order chi connectivity index (χ1) is 27.0. The van der Waals surface area contributed by atoms with Gasteiger partial charge in [0.1, 0.15) is 19.8 Å². The monoisotopic (exact) mass is 811 g/mol. The van der Waals surface area contributed by atoms with Gasteiger partial charge in [-0.2, -0.15) is 0 Å². The molecular weight excluding hydrogens is 725 g/mol. The molecule has 0 aromatic carbocycles. The fraction of sp³-hybridized carbons (Fsp3) is 0.783.